The van der Waals surface area contributed by atoms with Crippen LogP contribution in [-0.4, -0.2) is 24.5 Å². The van der Waals surface area contributed by atoms with Gasteiger partial charge in [0.05, 0.1) is 16.7 Å². The average Bonchev–Trinajstić information content (AvgIpc) is 3.86. The summed E-state index contributed by atoms with van der Waals surface area (Å²) in [6, 6.07) is 64.8. The lowest BCUT2D eigenvalue weighted by atomic mass is 9.96. The van der Waals surface area contributed by atoms with Gasteiger partial charge in [-0.15, -0.1) is 0 Å². The van der Waals surface area contributed by atoms with Gasteiger partial charge in [-0.3, -0.25) is 0 Å². The highest BCUT2D eigenvalue weighted by Gasteiger charge is 2.18. The molecule has 0 unspecified atom stereocenters. The van der Waals surface area contributed by atoms with E-state index in [0.717, 1.165) is 72.0 Å². The Morgan fingerprint density at radius 3 is 1.59 bits per heavy atom. The zero-order valence-corrected chi connectivity index (χ0v) is 30.0. The standard InChI is InChI=1S/C50H31N5O/c1-3-13-33(14-4-1)47-52-48(34-15-5-2-6-16-34)54-49(53-47)35-25-23-32(24-26-35)37-28-30-44(39-18-8-7-17-38(37)39)55-43-21-11-9-19-40(43)41-31-36(27-29-45(41)55)50-51-42-20-10-12-22-46(42)56-50/h1-31H. The zero-order chi connectivity index (χ0) is 37.0. The summed E-state index contributed by atoms with van der Waals surface area (Å²) in [6.07, 6.45) is 0. The molecule has 0 aliphatic rings. The lowest BCUT2D eigenvalue weighted by Crippen LogP contribution is -2.00. The van der Waals surface area contributed by atoms with E-state index < -0.39 is 0 Å². The number of hydrogen-bond acceptors (Lipinski definition) is 5. The maximum absolute atomic E-state index is 6.17. The van der Waals surface area contributed by atoms with Gasteiger partial charge < -0.3 is 8.98 Å². The first-order valence-corrected chi connectivity index (χ1v) is 18.6. The molecule has 56 heavy (non-hydrogen) atoms. The Kier molecular flexibility index (Phi) is 7.38. The summed E-state index contributed by atoms with van der Waals surface area (Å²) in [4.78, 5) is 19.5. The number of nitrogens with zero attached hydrogens (tertiary/aromatic N) is 5. The summed E-state index contributed by atoms with van der Waals surface area (Å²) in [6.45, 7) is 0. The second-order valence-electron chi connectivity index (χ2n) is 13.9. The van der Waals surface area contributed by atoms with Gasteiger partial charge in [-0.2, -0.15) is 0 Å². The lowest BCUT2D eigenvalue weighted by Gasteiger charge is -2.15. The third-order valence-electron chi connectivity index (χ3n) is 10.5. The van der Waals surface area contributed by atoms with Crippen LogP contribution < -0.4 is 0 Å². The van der Waals surface area contributed by atoms with Gasteiger partial charge >= 0.3 is 0 Å². The molecule has 3 heterocycles. The van der Waals surface area contributed by atoms with Crippen LogP contribution in [0.1, 0.15) is 0 Å². The van der Waals surface area contributed by atoms with Crippen molar-refractivity contribution in [2.75, 3.05) is 0 Å². The molecule has 8 aromatic carbocycles. The number of oxazole rings is 1. The first-order chi connectivity index (χ1) is 27.7. The predicted molar refractivity (Wildman–Crippen MR) is 226 cm³/mol. The van der Waals surface area contributed by atoms with Crippen molar-refractivity contribution in [1.29, 1.82) is 0 Å². The van der Waals surface area contributed by atoms with Crippen molar-refractivity contribution in [2.24, 2.45) is 0 Å². The fourth-order valence-corrected chi connectivity index (χ4v) is 7.83. The van der Waals surface area contributed by atoms with E-state index in [-0.39, 0.29) is 0 Å². The molecule has 0 saturated carbocycles. The van der Waals surface area contributed by atoms with Crippen LogP contribution in [0.15, 0.2) is 192 Å². The molecule has 6 heteroatoms. The minimum absolute atomic E-state index is 0.620. The summed E-state index contributed by atoms with van der Waals surface area (Å²) in [5, 5.41) is 4.66. The summed E-state index contributed by atoms with van der Waals surface area (Å²) < 4.78 is 8.55. The summed E-state index contributed by atoms with van der Waals surface area (Å²) >= 11 is 0. The summed E-state index contributed by atoms with van der Waals surface area (Å²) in [5.74, 6) is 2.55. The Bertz CT molecular complexity index is 3150. The van der Waals surface area contributed by atoms with Crippen LogP contribution in [0, 0.1) is 0 Å². The molecule has 0 saturated heterocycles. The highest BCUT2D eigenvalue weighted by atomic mass is 16.3. The van der Waals surface area contributed by atoms with Crippen LogP contribution in [0.3, 0.4) is 0 Å². The van der Waals surface area contributed by atoms with Gasteiger partial charge in [0, 0.05) is 38.4 Å². The molecular weight excluding hydrogens is 687 g/mol. The Morgan fingerprint density at radius 2 is 0.893 bits per heavy atom. The number of aromatic nitrogens is 5. The molecule has 0 N–H and O–H groups in total. The van der Waals surface area contributed by atoms with Gasteiger partial charge in [0.2, 0.25) is 5.89 Å². The molecule has 0 radical (unpaired) electrons. The number of fused-ring (bicyclic) bond motifs is 5. The smallest absolute Gasteiger partial charge is 0.227 e. The van der Waals surface area contributed by atoms with Gasteiger partial charge in [0.1, 0.15) is 5.52 Å². The van der Waals surface area contributed by atoms with E-state index in [9.17, 15) is 0 Å². The molecule has 0 atom stereocenters. The number of rotatable bonds is 6. The predicted octanol–water partition coefficient (Wildman–Crippen LogP) is 12.6. The summed E-state index contributed by atoms with van der Waals surface area (Å²) in [7, 11) is 0. The van der Waals surface area contributed by atoms with E-state index in [1.807, 2.05) is 84.9 Å². The van der Waals surface area contributed by atoms with Crippen LogP contribution in [-0.2, 0) is 0 Å². The van der Waals surface area contributed by atoms with Gasteiger partial charge in [-0.1, -0.05) is 146 Å². The van der Waals surface area contributed by atoms with Gasteiger partial charge in [-0.05, 0) is 59.0 Å². The molecule has 0 spiro atoms. The number of hydrogen-bond donors (Lipinski definition) is 0. The second-order valence-corrected chi connectivity index (χ2v) is 13.9. The Hall–Kier alpha value is -7.70. The lowest BCUT2D eigenvalue weighted by molar-refractivity contribution is 0.620. The SMILES string of the molecule is c1ccc(-c2nc(-c3ccccc3)nc(-c3ccc(-c4ccc(-n5c6ccccc6c6cc(-c7nc8ccccc8o7)ccc65)c5ccccc45)cc3)n2)cc1. The molecule has 11 aromatic rings. The largest absolute Gasteiger partial charge is 0.436 e. The highest BCUT2D eigenvalue weighted by Crippen LogP contribution is 2.40. The monoisotopic (exact) mass is 717 g/mol. The minimum atomic E-state index is 0.620. The molecule has 3 aromatic heterocycles. The maximum atomic E-state index is 6.17. The third-order valence-corrected chi connectivity index (χ3v) is 10.5. The quantitative estimate of drug-likeness (QED) is 0.171. The molecule has 0 aliphatic heterocycles. The topological polar surface area (TPSA) is 69.6 Å². The first kappa shape index (κ1) is 31.8. The molecule has 0 bridgehead atoms. The van der Waals surface area contributed by atoms with Crippen molar-refractivity contribution in [3.8, 4) is 62.4 Å². The van der Waals surface area contributed by atoms with E-state index in [0.29, 0.717) is 23.4 Å². The minimum Gasteiger partial charge on any atom is -0.436 e. The van der Waals surface area contributed by atoms with Gasteiger partial charge in [-0.25, -0.2) is 19.9 Å². The second kappa shape index (κ2) is 13.0. The van der Waals surface area contributed by atoms with E-state index in [2.05, 4.69) is 108 Å². The molecule has 0 fully saturated rings. The average molecular weight is 718 g/mol. The Balaban J connectivity index is 1.01. The van der Waals surface area contributed by atoms with Crippen molar-refractivity contribution in [2.45, 2.75) is 0 Å². The fraction of sp³-hybridized carbons (Fsp3) is 0. The molecule has 0 amide bonds. The van der Waals surface area contributed by atoms with Crippen LogP contribution in [0.2, 0.25) is 0 Å². The van der Waals surface area contributed by atoms with E-state index in [1.165, 1.54) is 10.8 Å². The summed E-state index contributed by atoms with van der Waals surface area (Å²) in [5.41, 5.74) is 11.1. The van der Waals surface area contributed by atoms with Crippen LogP contribution in [0.4, 0.5) is 0 Å². The maximum Gasteiger partial charge on any atom is 0.227 e. The van der Waals surface area contributed by atoms with Crippen LogP contribution in [0.5, 0.6) is 0 Å². The number of benzene rings is 8. The van der Waals surface area contributed by atoms with E-state index in [1.54, 1.807) is 0 Å². The third kappa shape index (κ3) is 5.35. The van der Waals surface area contributed by atoms with Crippen LogP contribution >= 0.6 is 0 Å². The normalized spacial score (nSPS) is 11.6. The van der Waals surface area contributed by atoms with Gasteiger partial charge in [0.25, 0.3) is 0 Å². The molecular formula is C50H31N5O. The molecule has 0 aliphatic carbocycles. The van der Waals surface area contributed by atoms with E-state index in [4.69, 9.17) is 24.4 Å². The van der Waals surface area contributed by atoms with Crippen molar-refractivity contribution in [3.05, 3.63) is 188 Å². The first-order valence-electron chi connectivity index (χ1n) is 18.6. The van der Waals surface area contributed by atoms with Gasteiger partial charge in [0.15, 0.2) is 23.1 Å². The van der Waals surface area contributed by atoms with E-state index >= 15 is 0 Å². The Morgan fingerprint density at radius 1 is 0.357 bits per heavy atom. The highest BCUT2D eigenvalue weighted by molar-refractivity contribution is 6.12. The molecule has 6 nitrogen and oxygen atoms in total. The molecule has 262 valence electrons. The Labute approximate surface area is 322 Å². The zero-order valence-electron chi connectivity index (χ0n) is 30.0. The van der Waals surface area contributed by atoms with Crippen molar-refractivity contribution >= 4 is 43.7 Å². The van der Waals surface area contributed by atoms with Crippen LogP contribution in [0.25, 0.3) is 106 Å². The van der Waals surface area contributed by atoms with Crippen molar-refractivity contribution in [3.63, 3.8) is 0 Å². The van der Waals surface area contributed by atoms with Crippen molar-refractivity contribution < 1.29 is 4.42 Å². The fourth-order valence-electron chi connectivity index (χ4n) is 7.83. The molecule has 11 rings (SSSR count). The van der Waals surface area contributed by atoms with Crippen molar-refractivity contribution in [1.82, 2.24) is 24.5 Å². The number of para-hydroxylation sites is 3.